The van der Waals surface area contributed by atoms with Gasteiger partial charge < -0.3 is 9.72 Å². The number of rotatable bonds is 6. The molecule has 0 bridgehead atoms. The molecule has 1 N–H and O–H groups in total. The molecule has 0 aliphatic carbocycles. The summed E-state index contributed by atoms with van der Waals surface area (Å²) in [5.41, 5.74) is 7.98. The van der Waals surface area contributed by atoms with Crippen molar-refractivity contribution in [3.8, 4) is 16.9 Å². The van der Waals surface area contributed by atoms with Crippen LogP contribution in [0.4, 0.5) is 0 Å². The lowest BCUT2D eigenvalue weighted by Gasteiger charge is -2.13. The second-order valence-corrected chi connectivity index (χ2v) is 8.55. The van der Waals surface area contributed by atoms with Crippen molar-refractivity contribution in [3.05, 3.63) is 71.6 Å². The summed E-state index contributed by atoms with van der Waals surface area (Å²) in [6.45, 7) is 13.4. The Kier molecular flexibility index (Phi) is 7.98. The van der Waals surface area contributed by atoms with Crippen LogP contribution in [0.1, 0.15) is 49.8 Å². The average molecular weight is 431 g/mol. The fourth-order valence-corrected chi connectivity index (χ4v) is 3.36. The standard InChI is InChI=1S/C21H26N2O.C6H8N2/c1-5-16-12-17(7-9-21(16)24-11-10-14(2)3)18-6-8-19-20(13-18)23-15(4)22-19;1-5-3-7-4-8-6(5)2/h6-9,12-14H,5,10-11H2,1-4H3,(H,22,23);3-4H,1-2H3. The van der Waals surface area contributed by atoms with Crippen molar-refractivity contribution in [2.75, 3.05) is 6.61 Å². The second-order valence-electron chi connectivity index (χ2n) is 8.55. The zero-order valence-corrected chi connectivity index (χ0v) is 20.1. The minimum atomic E-state index is 0.666. The van der Waals surface area contributed by atoms with Gasteiger partial charge in [0.1, 0.15) is 17.9 Å². The predicted molar refractivity (Wildman–Crippen MR) is 132 cm³/mol. The molecule has 2 heterocycles. The highest BCUT2D eigenvalue weighted by atomic mass is 16.5. The molecule has 4 rings (SSSR count). The second kappa shape index (κ2) is 10.9. The van der Waals surface area contributed by atoms with Crippen LogP contribution >= 0.6 is 0 Å². The molecule has 0 unspecified atom stereocenters. The van der Waals surface area contributed by atoms with Gasteiger partial charge in [-0.3, -0.25) is 0 Å². The van der Waals surface area contributed by atoms with Gasteiger partial charge in [-0.2, -0.15) is 0 Å². The lowest BCUT2D eigenvalue weighted by Crippen LogP contribution is -2.03. The number of ether oxygens (including phenoxy) is 1. The van der Waals surface area contributed by atoms with E-state index < -0.39 is 0 Å². The number of hydrogen-bond donors (Lipinski definition) is 1. The quantitative estimate of drug-likeness (QED) is 0.373. The summed E-state index contributed by atoms with van der Waals surface area (Å²) < 4.78 is 5.99. The third-order valence-corrected chi connectivity index (χ3v) is 5.48. The number of imidazole rings is 1. The first-order chi connectivity index (χ1) is 15.4. The number of aromatic nitrogens is 4. The Morgan fingerprint density at radius 1 is 1.00 bits per heavy atom. The van der Waals surface area contributed by atoms with Crippen LogP contribution in [-0.4, -0.2) is 26.5 Å². The van der Waals surface area contributed by atoms with Crippen molar-refractivity contribution in [1.82, 2.24) is 19.9 Å². The number of aryl methyl sites for hydroxylation is 4. The summed E-state index contributed by atoms with van der Waals surface area (Å²) in [7, 11) is 0. The SMILES string of the molecule is CCc1cc(-c2ccc3nc(C)[nH]c3c2)ccc1OCCC(C)C.Cc1cncnc1C. The third-order valence-electron chi connectivity index (χ3n) is 5.48. The maximum absolute atomic E-state index is 5.99. The van der Waals surface area contributed by atoms with Gasteiger partial charge >= 0.3 is 0 Å². The van der Waals surface area contributed by atoms with Gasteiger partial charge in [-0.05, 0) is 86.1 Å². The van der Waals surface area contributed by atoms with Crippen LogP contribution in [-0.2, 0) is 6.42 Å². The Hall–Kier alpha value is -3.21. The van der Waals surface area contributed by atoms with E-state index in [-0.39, 0.29) is 0 Å². The van der Waals surface area contributed by atoms with E-state index in [1.807, 2.05) is 27.0 Å². The number of aromatic amines is 1. The Morgan fingerprint density at radius 3 is 2.41 bits per heavy atom. The summed E-state index contributed by atoms with van der Waals surface area (Å²) in [4.78, 5) is 15.6. The van der Waals surface area contributed by atoms with Gasteiger partial charge in [-0.15, -0.1) is 0 Å². The monoisotopic (exact) mass is 430 g/mol. The summed E-state index contributed by atoms with van der Waals surface area (Å²) in [6.07, 6.45) is 5.42. The Bertz CT molecular complexity index is 1140. The highest BCUT2D eigenvalue weighted by Crippen LogP contribution is 2.29. The molecule has 0 saturated heterocycles. The van der Waals surface area contributed by atoms with Crippen LogP contribution < -0.4 is 4.74 Å². The number of H-pyrrole nitrogens is 1. The van der Waals surface area contributed by atoms with Gasteiger partial charge in [0.25, 0.3) is 0 Å². The molecule has 32 heavy (non-hydrogen) atoms. The lowest BCUT2D eigenvalue weighted by molar-refractivity contribution is 0.287. The Balaban J connectivity index is 0.000000305. The molecule has 0 spiro atoms. The molecule has 0 atom stereocenters. The van der Waals surface area contributed by atoms with Crippen LogP contribution in [0.3, 0.4) is 0 Å². The number of benzene rings is 2. The van der Waals surface area contributed by atoms with Crippen molar-refractivity contribution < 1.29 is 4.74 Å². The Labute approximate surface area is 191 Å². The molecule has 2 aromatic heterocycles. The molecular formula is C27H34N4O. The first-order valence-corrected chi connectivity index (χ1v) is 11.3. The molecule has 2 aromatic carbocycles. The first kappa shape index (κ1) is 23.5. The van der Waals surface area contributed by atoms with E-state index in [9.17, 15) is 0 Å². The van der Waals surface area contributed by atoms with Gasteiger partial charge in [0.05, 0.1) is 17.6 Å². The molecule has 0 fully saturated rings. The third kappa shape index (κ3) is 6.16. The van der Waals surface area contributed by atoms with Crippen LogP contribution in [0.25, 0.3) is 22.2 Å². The molecule has 5 nitrogen and oxygen atoms in total. The van der Waals surface area contributed by atoms with Crippen LogP contribution in [0.2, 0.25) is 0 Å². The van der Waals surface area contributed by atoms with Gasteiger partial charge in [0, 0.05) is 11.9 Å². The first-order valence-electron chi connectivity index (χ1n) is 11.3. The molecule has 0 aliphatic heterocycles. The minimum Gasteiger partial charge on any atom is -0.493 e. The zero-order valence-electron chi connectivity index (χ0n) is 20.1. The highest BCUT2D eigenvalue weighted by molar-refractivity contribution is 5.82. The fraction of sp³-hybridized carbons (Fsp3) is 0.370. The zero-order chi connectivity index (χ0) is 23.1. The molecule has 0 saturated carbocycles. The minimum absolute atomic E-state index is 0.666. The summed E-state index contributed by atoms with van der Waals surface area (Å²) in [5.74, 6) is 2.63. The van der Waals surface area contributed by atoms with E-state index in [2.05, 4.69) is 77.1 Å². The molecule has 0 aliphatic rings. The molecule has 0 amide bonds. The lowest BCUT2D eigenvalue weighted by atomic mass is 10.0. The van der Waals surface area contributed by atoms with Crippen LogP contribution in [0.15, 0.2) is 48.9 Å². The smallest absolute Gasteiger partial charge is 0.122 e. The summed E-state index contributed by atoms with van der Waals surface area (Å²) in [6, 6.07) is 12.9. The predicted octanol–water partition coefficient (Wildman–Crippen LogP) is 6.62. The van der Waals surface area contributed by atoms with Crippen molar-refractivity contribution in [2.24, 2.45) is 5.92 Å². The number of nitrogens with one attached hydrogen (secondary N) is 1. The molecule has 4 aromatic rings. The Morgan fingerprint density at radius 2 is 1.75 bits per heavy atom. The van der Waals surface area contributed by atoms with Gasteiger partial charge in [-0.25, -0.2) is 15.0 Å². The van der Waals surface area contributed by atoms with E-state index in [0.29, 0.717) is 5.92 Å². The van der Waals surface area contributed by atoms with Crippen molar-refractivity contribution in [3.63, 3.8) is 0 Å². The number of hydrogen-bond acceptors (Lipinski definition) is 4. The van der Waals surface area contributed by atoms with Gasteiger partial charge in [0.2, 0.25) is 0 Å². The molecule has 5 heteroatoms. The maximum Gasteiger partial charge on any atom is 0.122 e. The van der Waals surface area contributed by atoms with Crippen molar-refractivity contribution in [2.45, 2.75) is 54.4 Å². The molecule has 0 radical (unpaired) electrons. The van der Waals surface area contributed by atoms with E-state index in [1.165, 1.54) is 16.7 Å². The van der Waals surface area contributed by atoms with Crippen molar-refractivity contribution in [1.29, 1.82) is 0 Å². The molecular weight excluding hydrogens is 396 g/mol. The summed E-state index contributed by atoms with van der Waals surface area (Å²) >= 11 is 0. The normalized spacial score (nSPS) is 10.8. The largest absolute Gasteiger partial charge is 0.493 e. The van der Waals surface area contributed by atoms with Gasteiger partial charge in [-0.1, -0.05) is 32.9 Å². The van der Waals surface area contributed by atoms with Crippen LogP contribution in [0.5, 0.6) is 5.75 Å². The van der Waals surface area contributed by atoms with E-state index in [0.717, 1.165) is 53.3 Å². The summed E-state index contributed by atoms with van der Waals surface area (Å²) in [5, 5.41) is 0. The highest BCUT2D eigenvalue weighted by Gasteiger charge is 2.08. The van der Waals surface area contributed by atoms with Gasteiger partial charge in [0.15, 0.2) is 0 Å². The van der Waals surface area contributed by atoms with Crippen molar-refractivity contribution >= 4 is 11.0 Å². The van der Waals surface area contributed by atoms with Crippen LogP contribution in [0, 0.1) is 26.7 Å². The number of fused-ring (bicyclic) bond motifs is 1. The van der Waals surface area contributed by atoms with E-state index in [4.69, 9.17) is 4.74 Å². The number of nitrogens with zero attached hydrogens (tertiary/aromatic N) is 3. The van der Waals surface area contributed by atoms with E-state index >= 15 is 0 Å². The maximum atomic E-state index is 5.99. The topological polar surface area (TPSA) is 63.7 Å². The average Bonchev–Trinajstić information content (AvgIpc) is 3.15. The fourth-order valence-electron chi connectivity index (χ4n) is 3.36. The van der Waals surface area contributed by atoms with E-state index in [1.54, 1.807) is 6.33 Å². The molecule has 168 valence electrons.